The number of allylic oxidation sites excluding steroid dienone is 2. The van der Waals surface area contributed by atoms with Gasteiger partial charge in [0.2, 0.25) is 0 Å². The van der Waals surface area contributed by atoms with Crippen molar-refractivity contribution < 1.29 is 4.79 Å². The molecular formula is C26H30N2O2. The van der Waals surface area contributed by atoms with Crippen molar-refractivity contribution in [2.75, 3.05) is 7.05 Å². The van der Waals surface area contributed by atoms with Crippen molar-refractivity contribution >= 4 is 12.0 Å². The van der Waals surface area contributed by atoms with E-state index < -0.39 is 0 Å². The lowest BCUT2D eigenvalue weighted by molar-refractivity contribution is 0.0702. The van der Waals surface area contributed by atoms with E-state index in [2.05, 4.69) is 44.7 Å². The zero-order valence-corrected chi connectivity index (χ0v) is 18.4. The molecule has 2 aromatic rings. The molecule has 0 fully saturated rings. The molecule has 1 atom stereocenters. The predicted molar refractivity (Wildman–Crippen MR) is 122 cm³/mol. The molecule has 156 valence electrons. The molecule has 1 aromatic heterocycles. The molecule has 4 nitrogen and oxygen atoms in total. The Bertz CT molecular complexity index is 1120. The largest absolute Gasteiger partial charge is 0.335 e. The maximum Gasteiger partial charge on any atom is 0.256 e. The van der Waals surface area contributed by atoms with Gasteiger partial charge in [-0.3, -0.25) is 9.59 Å². The summed E-state index contributed by atoms with van der Waals surface area (Å²) in [5.41, 5.74) is 5.86. The highest BCUT2D eigenvalue weighted by molar-refractivity contribution is 5.99. The Balaban J connectivity index is 1.77. The van der Waals surface area contributed by atoms with Crippen LogP contribution in [0.1, 0.15) is 72.3 Å². The van der Waals surface area contributed by atoms with Crippen LogP contribution < -0.4 is 5.56 Å². The average molecular weight is 403 g/mol. The van der Waals surface area contributed by atoms with E-state index in [1.165, 1.54) is 11.1 Å². The first-order chi connectivity index (χ1) is 14.2. The molecule has 1 heterocycles. The third-order valence-corrected chi connectivity index (χ3v) is 6.70. The summed E-state index contributed by atoms with van der Waals surface area (Å²) in [5, 5.41) is 0. The summed E-state index contributed by atoms with van der Waals surface area (Å²) >= 11 is 0. The third-order valence-electron chi connectivity index (χ3n) is 6.70. The fourth-order valence-electron chi connectivity index (χ4n) is 5.02. The molecular weight excluding hydrogens is 372 g/mol. The first kappa shape index (κ1) is 20.4. The molecule has 2 aliphatic rings. The molecule has 0 spiro atoms. The summed E-state index contributed by atoms with van der Waals surface area (Å²) in [6.07, 6.45) is 7.97. The first-order valence-corrected chi connectivity index (χ1v) is 10.7. The number of carbonyl (C=O) groups excluding carboxylic acids is 1. The predicted octanol–water partition coefficient (Wildman–Crippen LogP) is 4.88. The van der Waals surface area contributed by atoms with Crippen molar-refractivity contribution in [1.82, 2.24) is 9.47 Å². The van der Waals surface area contributed by atoms with Gasteiger partial charge >= 0.3 is 0 Å². The molecule has 0 aliphatic heterocycles. The minimum atomic E-state index is -0.0329. The van der Waals surface area contributed by atoms with Gasteiger partial charge in [0.25, 0.3) is 11.5 Å². The summed E-state index contributed by atoms with van der Waals surface area (Å²) in [4.78, 5) is 28.4. The number of rotatable bonds is 4. The van der Waals surface area contributed by atoms with Gasteiger partial charge < -0.3 is 9.47 Å². The minimum Gasteiger partial charge on any atom is -0.335 e. The van der Waals surface area contributed by atoms with Gasteiger partial charge in [0.1, 0.15) is 0 Å². The molecule has 0 bridgehead atoms. The summed E-state index contributed by atoms with van der Waals surface area (Å²) in [5.74, 6) is -0.0329. The Morgan fingerprint density at radius 1 is 1.33 bits per heavy atom. The Labute approximate surface area is 178 Å². The highest BCUT2D eigenvalue weighted by atomic mass is 16.2. The maximum atomic E-state index is 13.7. The van der Waals surface area contributed by atoms with Crippen LogP contribution >= 0.6 is 0 Å². The summed E-state index contributed by atoms with van der Waals surface area (Å²) in [6, 6.07) is 8.51. The number of aromatic nitrogens is 1. The third kappa shape index (κ3) is 3.24. The molecule has 4 heteroatoms. The lowest BCUT2D eigenvalue weighted by Crippen LogP contribution is -2.38. The quantitative estimate of drug-likeness (QED) is 0.684. The van der Waals surface area contributed by atoms with E-state index >= 15 is 0 Å². The van der Waals surface area contributed by atoms with Gasteiger partial charge in [-0.2, -0.15) is 0 Å². The first-order valence-electron chi connectivity index (χ1n) is 10.7. The van der Waals surface area contributed by atoms with Crippen LogP contribution in [-0.4, -0.2) is 22.4 Å². The van der Waals surface area contributed by atoms with E-state index in [1.807, 2.05) is 24.9 Å². The molecule has 2 aliphatic carbocycles. The van der Waals surface area contributed by atoms with E-state index in [4.69, 9.17) is 0 Å². The average Bonchev–Trinajstić information content (AvgIpc) is 3.11. The van der Waals surface area contributed by atoms with Gasteiger partial charge in [0, 0.05) is 25.4 Å². The zero-order chi connectivity index (χ0) is 21.6. The Hall–Kier alpha value is -2.88. The summed E-state index contributed by atoms with van der Waals surface area (Å²) < 4.78 is 1.61. The lowest BCUT2D eigenvalue weighted by atomic mass is 9.70. The monoisotopic (exact) mass is 402 g/mol. The number of pyridine rings is 1. The molecule has 4 rings (SSSR count). The van der Waals surface area contributed by atoms with Gasteiger partial charge in [-0.05, 0) is 48.3 Å². The van der Waals surface area contributed by atoms with Gasteiger partial charge in [0.15, 0.2) is 0 Å². The molecule has 0 saturated carbocycles. The fraction of sp³-hybridized carbons (Fsp3) is 0.385. The van der Waals surface area contributed by atoms with Crippen molar-refractivity contribution in [3.63, 3.8) is 0 Å². The maximum absolute atomic E-state index is 13.7. The van der Waals surface area contributed by atoms with Crippen molar-refractivity contribution in [3.05, 3.63) is 86.9 Å². The summed E-state index contributed by atoms with van der Waals surface area (Å²) in [6.45, 7) is 10.7. The smallest absolute Gasteiger partial charge is 0.256 e. The van der Waals surface area contributed by atoms with E-state index in [0.29, 0.717) is 18.5 Å². The minimum absolute atomic E-state index is 0.0260. The van der Waals surface area contributed by atoms with Crippen LogP contribution in [0.4, 0.5) is 0 Å². The van der Waals surface area contributed by atoms with Crippen LogP contribution in [-0.2, 0) is 18.4 Å². The second-order valence-electron chi connectivity index (χ2n) is 9.29. The molecule has 1 aromatic carbocycles. The molecule has 30 heavy (non-hydrogen) atoms. The second-order valence-corrected chi connectivity index (χ2v) is 9.29. The van der Waals surface area contributed by atoms with Crippen LogP contribution in [0.15, 0.2) is 53.5 Å². The molecule has 1 amide bonds. The van der Waals surface area contributed by atoms with E-state index in [1.54, 1.807) is 16.8 Å². The van der Waals surface area contributed by atoms with E-state index in [0.717, 1.165) is 29.5 Å². The highest BCUT2D eigenvalue weighted by Gasteiger charge is 2.36. The number of hydrogen-bond acceptors (Lipinski definition) is 2. The SMILES string of the molecule is C=CCn1cc(C(=O)N(C)C2CCC(C)(C)c3ccccc32)c2c(c1=O)CC(C)=C2. The number of fused-ring (bicyclic) bond motifs is 2. The standard InChI is InChI=1S/C26H30N2O2/c1-6-13-28-16-21(19-14-17(2)15-20(19)25(28)30)24(29)27(5)23-11-12-26(3,4)22-10-8-7-9-18(22)23/h6-10,14,16,23H,1,11-13,15H2,2-5H3. The van der Waals surface area contributed by atoms with Crippen LogP contribution in [0, 0.1) is 0 Å². The van der Waals surface area contributed by atoms with E-state index in [-0.39, 0.29) is 22.9 Å². The lowest BCUT2D eigenvalue weighted by Gasteiger charge is -2.40. The van der Waals surface area contributed by atoms with Gasteiger partial charge in [-0.25, -0.2) is 0 Å². The molecule has 1 unspecified atom stereocenters. The zero-order valence-electron chi connectivity index (χ0n) is 18.4. The number of carbonyl (C=O) groups is 1. The van der Waals surface area contributed by atoms with Gasteiger partial charge in [0.05, 0.1) is 11.6 Å². The van der Waals surface area contributed by atoms with Crippen molar-refractivity contribution in [3.8, 4) is 0 Å². The van der Waals surface area contributed by atoms with Crippen molar-refractivity contribution in [1.29, 1.82) is 0 Å². The highest BCUT2D eigenvalue weighted by Crippen LogP contribution is 2.44. The van der Waals surface area contributed by atoms with Crippen LogP contribution in [0.2, 0.25) is 0 Å². The van der Waals surface area contributed by atoms with Crippen LogP contribution in [0.5, 0.6) is 0 Å². The Morgan fingerprint density at radius 3 is 2.80 bits per heavy atom. The van der Waals surface area contributed by atoms with Gasteiger partial charge in [-0.15, -0.1) is 6.58 Å². The number of amides is 1. The molecule has 0 N–H and O–H groups in total. The van der Waals surface area contributed by atoms with Crippen molar-refractivity contribution in [2.45, 2.75) is 58.0 Å². The van der Waals surface area contributed by atoms with E-state index in [9.17, 15) is 9.59 Å². The Morgan fingerprint density at radius 2 is 2.07 bits per heavy atom. The van der Waals surface area contributed by atoms with Crippen molar-refractivity contribution in [2.24, 2.45) is 0 Å². The number of nitrogens with zero attached hydrogens (tertiary/aromatic N) is 2. The number of hydrogen-bond donors (Lipinski definition) is 0. The normalized spacial score (nSPS) is 18.9. The topological polar surface area (TPSA) is 42.3 Å². The molecule has 0 saturated heterocycles. The van der Waals surface area contributed by atoms with Crippen LogP contribution in [0.3, 0.4) is 0 Å². The second kappa shape index (κ2) is 7.42. The van der Waals surface area contributed by atoms with Crippen LogP contribution in [0.25, 0.3) is 6.08 Å². The Kier molecular flexibility index (Phi) is 5.05. The molecule has 0 radical (unpaired) electrons. The number of benzene rings is 1. The van der Waals surface area contributed by atoms with Gasteiger partial charge in [-0.1, -0.05) is 55.8 Å². The summed E-state index contributed by atoms with van der Waals surface area (Å²) in [7, 11) is 1.89. The fourth-order valence-corrected chi connectivity index (χ4v) is 5.02.